The Bertz CT molecular complexity index is 997. The van der Waals surface area contributed by atoms with Gasteiger partial charge in [-0.1, -0.05) is 13.8 Å². The average molecular weight is 457 g/mol. The zero-order valence-electron chi connectivity index (χ0n) is 18.8. The van der Waals surface area contributed by atoms with Crippen LogP contribution in [0.4, 0.5) is 5.69 Å². The molecule has 2 aromatic carbocycles. The number of carbonyl (C=O) groups excluding carboxylic acids is 4. The Morgan fingerprint density at radius 1 is 0.909 bits per heavy atom. The topological polar surface area (TPSA) is 146 Å². The first kappa shape index (κ1) is 25.2. The largest absolute Gasteiger partial charge is 0.497 e. The van der Waals surface area contributed by atoms with Crippen LogP contribution in [0.25, 0.3) is 0 Å². The Balaban J connectivity index is 1.98. The summed E-state index contributed by atoms with van der Waals surface area (Å²) in [6.45, 7) is 2.92. The van der Waals surface area contributed by atoms with Gasteiger partial charge in [0.2, 0.25) is 5.91 Å². The van der Waals surface area contributed by atoms with Crippen LogP contribution in [0.15, 0.2) is 42.5 Å². The quantitative estimate of drug-likeness (QED) is 0.461. The standard InChI is InChI=1S/C23H27N3O7/c1-13(2)20(26-22(29)15-9-17(31-3)11-18(10-15)32-4)23(30)33-12-19(27)25-16-7-5-14(6-8-16)21(24)28/h5-11,13,20H,12H2,1-4H3,(H2,24,28)(H,25,27)(H,26,29)/t20-/m1/s1. The molecule has 0 heterocycles. The lowest BCUT2D eigenvalue weighted by Crippen LogP contribution is -2.46. The van der Waals surface area contributed by atoms with Crippen molar-refractivity contribution in [1.82, 2.24) is 5.32 Å². The molecule has 3 amide bonds. The Labute approximate surface area is 191 Å². The summed E-state index contributed by atoms with van der Waals surface area (Å²) in [5, 5.41) is 5.17. The molecule has 4 N–H and O–H groups in total. The number of amides is 3. The highest BCUT2D eigenvalue weighted by Gasteiger charge is 2.27. The van der Waals surface area contributed by atoms with Crippen LogP contribution in [0.2, 0.25) is 0 Å². The predicted molar refractivity (Wildman–Crippen MR) is 120 cm³/mol. The molecule has 10 heteroatoms. The maximum absolute atomic E-state index is 12.7. The van der Waals surface area contributed by atoms with E-state index in [1.54, 1.807) is 19.9 Å². The zero-order chi connectivity index (χ0) is 24.5. The van der Waals surface area contributed by atoms with Crippen molar-refractivity contribution in [1.29, 1.82) is 0 Å². The summed E-state index contributed by atoms with van der Waals surface area (Å²) in [6, 6.07) is 9.57. The van der Waals surface area contributed by atoms with Crippen molar-refractivity contribution in [2.45, 2.75) is 19.9 Å². The first-order chi connectivity index (χ1) is 15.6. The van der Waals surface area contributed by atoms with E-state index in [1.165, 1.54) is 50.6 Å². The van der Waals surface area contributed by atoms with E-state index in [-0.39, 0.29) is 11.5 Å². The van der Waals surface area contributed by atoms with Gasteiger partial charge in [0.15, 0.2) is 6.61 Å². The summed E-state index contributed by atoms with van der Waals surface area (Å²) >= 11 is 0. The van der Waals surface area contributed by atoms with Crippen LogP contribution in [-0.4, -0.2) is 50.6 Å². The van der Waals surface area contributed by atoms with Gasteiger partial charge in [-0.25, -0.2) is 4.79 Å². The highest BCUT2D eigenvalue weighted by molar-refractivity contribution is 5.98. The number of hydrogen-bond donors (Lipinski definition) is 3. The molecule has 0 radical (unpaired) electrons. The molecule has 10 nitrogen and oxygen atoms in total. The minimum absolute atomic E-state index is 0.238. The van der Waals surface area contributed by atoms with E-state index >= 15 is 0 Å². The predicted octanol–water partition coefficient (Wildman–Crippen LogP) is 1.74. The van der Waals surface area contributed by atoms with Gasteiger partial charge in [-0.05, 0) is 42.3 Å². The third kappa shape index (κ3) is 7.23. The van der Waals surface area contributed by atoms with Crippen LogP contribution in [0.3, 0.4) is 0 Å². The smallest absolute Gasteiger partial charge is 0.329 e. The van der Waals surface area contributed by atoms with Crippen molar-refractivity contribution >= 4 is 29.4 Å². The van der Waals surface area contributed by atoms with Gasteiger partial charge in [0.25, 0.3) is 11.8 Å². The number of nitrogens with two attached hydrogens (primary N) is 1. The second kappa shape index (κ2) is 11.5. The molecule has 0 saturated carbocycles. The van der Waals surface area contributed by atoms with E-state index in [4.69, 9.17) is 19.9 Å². The van der Waals surface area contributed by atoms with E-state index in [9.17, 15) is 19.2 Å². The molecule has 176 valence electrons. The average Bonchev–Trinajstić information content (AvgIpc) is 2.80. The lowest BCUT2D eigenvalue weighted by Gasteiger charge is -2.21. The molecule has 0 aliphatic carbocycles. The second-order valence-electron chi connectivity index (χ2n) is 7.39. The third-order valence-electron chi connectivity index (χ3n) is 4.62. The highest BCUT2D eigenvalue weighted by atomic mass is 16.5. The molecule has 0 saturated heterocycles. The lowest BCUT2D eigenvalue weighted by molar-refractivity contribution is -0.150. The van der Waals surface area contributed by atoms with Crippen LogP contribution in [0.5, 0.6) is 11.5 Å². The van der Waals surface area contributed by atoms with Crippen molar-refractivity contribution in [3.63, 3.8) is 0 Å². The van der Waals surface area contributed by atoms with E-state index in [0.29, 0.717) is 22.7 Å². The van der Waals surface area contributed by atoms with Crippen LogP contribution in [-0.2, 0) is 14.3 Å². The van der Waals surface area contributed by atoms with E-state index in [0.717, 1.165) is 0 Å². The van der Waals surface area contributed by atoms with E-state index in [2.05, 4.69) is 10.6 Å². The number of rotatable bonds is 10. The summed E-state index contributed by atoms with van der Waals surface area (Å²) in [6.07, 6.45) is 0. The summed E-state index contributed by atoms with van der Waals surface area (Å²) in [5.74, 6) is -1.92. The van der Waals surface area contributed by atoms with Crippen LogP contribution >= 0.6 is 0 Å². The van der Waals surface area contributed by atoms with Gasteiger partial charge < -0.3 is 30.6 Å². The first-order valence-corrected chi connectivity index (χ1v) is 10.0. The molecule has 0 aliphatic heterocycles. The Morgan fingerprint density at radius 3 is 1.97 bits per heavy atom. The Kier molecular flexibility index (Phi) is 8.79. The minimum atomic E-state index is -0.989. The Morgan fingerprint density at radius 2 is 1.48 bits per heavy atom. The monoisotopic (exact) mass is 457 g/mol. The summed E-state index contributed by atoms with van der Waals surface area (Å²) < 4.78 is 15.4. The molecule has 0 unspecified atom stereocenters. The number of primary amides is 1. The van der Waals surface area contributed by atoms with Gasteiger partial charge in [0, 0.05) is 22.9 Å². The molecule has 33 heavy (non-hydrogen) atoms. The van der Waals surface area contributed by atoms with Crippen molar-refractivity contribution in [3.8, 4) is 11.5 Å². The fraction of sp³-hybridized carbons (Fsp3) is 0.304. The number of anilines is 1. The molecule has 0 spiro atoms. The molecule has 0 fully saturated rings. The number of benzene rings is 2. The van der Waals surface area contributed by atoms with Crippen molar-refractivity contribution in [2.24, 2.45) is 11.7 Å². The van der Waals surface area contributed by atoms with E-state index < -0.39 is 36.3 Å². The maximum atomic E-state index is 12.7. The highest BCUT2D eigenvalue weighted by Crippen LogP contribution is 2.22. The molecule has 0 aromatic heterocycles. The fourth-order valence-corrected chi connectivity index (χ4v) is 2.80. The van der Waals surface area contributed by atoms with Gasteiger partial charge in [-0.3, -0.25) is 14.4 Å². The third-order valence-corrected chi connectivity index (χ3v) is 4.62. The summed E-state index contributed by atoms with van der Waals surface area (Å²) in [5.41, 5.74) is 6.11. The zero-order valence-corrected chi connectivity index (χ0v) is 18.8. The first-order valence-electron chi connectivity index (χ1n) is 10.0. The van der Waals surface area contributed by atoms with E-state index in [1.807, 2.05) is 0 Å². The van der Waals surface area contributed by atoms with Crippen LogP contribution in [0, 0.1) is 5.92 Å². The number of nitrogens with one attached hydrogen (secondary N) is 2. The van der Waals surface area contributed by atoms with Crippen LogP contribution < -0.4 is 25.8 Å². The molecular weight excluding hydrogens is 430 g/mol. The number of esters is 1. The molecule has 0 aliphatic rings. The lowest BCUT2D eigenvalue weighted by atomic mass is 10.0. The van der Waals surface area contributed by atoms with Gasteiger partial charge in [0.05, 0.1) is 14.2 Å². The number of carbonyl (C=O) groups is 4. The van der Waals surface area contributed by atoms with Crippen molar-refractivity contribution in [2.75, 3.05) is 26.1 Å². The number of hydrogen-bond acceptors (Lipinski definition) is 7. The van der Waals surface area contributed by atoms with Gasteiger partial charge >= 0.3 is 5.97 Å². The fourth-order valence-electron chi connectivity index (χ4n) is 2.80. The summed E-state index contributed by atoms with van der Waals surface area (Å²) in [7, 11) is 2.92. The summed E-state index contributed by atoms with van der Waals surface area (Å²) in [4.78, 5) is 48.5. The number of ether oxygens (including phenoxy) is 3. The normalized spacial score (nSPS) is 11.3. The second-order valence-corrected chi connectivity index (χ2v) is 7.39. The van der Waals surface area contributed by atoms with Crippen molar-refractivity contribution < 1.29 is 33.4 Å². The molecule has 2 aromatic rings. The van der Waals surface area contributed by atoms with Crippen LogP contribution in [0.1, 0.15) is 34.6 Å². The molecular formula is C23H27N3O7. The number of methoxy groups -OCH3 is 2. The maximum Gasteiger partial charge on any atom is 0.329 e. The minimum Gasteiger partial charge on any atom is -0.497 e. The van der Waals surface area contributed by atoms with Crippen molar-refractivity contribution in [3.05, 3.63) is 53.6 Å². The van der Waals surface area contributed by atoms with Gasteiger partial charge in [0.1, 0.15) is 17.5 Å². The Hall–Kier alpha value is -4.08. The van der Waals surface area contributed by atoms with Gasteiger partial charge in [-0.2, -0.15) is 0 Å². The van der Waals surface area contributed by atoms with Gasteiger partial charge in [-0.15, -0.1) is 0 Å². The molecule has 0 bridgehead atoms. The molecule has 1 atom stereocenters. The SMILES string of the molecule is COc1cc(OC)cc(C(=O)N[C@@H](C(=O)OCC(=O)Nc2ccc(C(N)=O)cc2)C(C)C)c1. The molecule has 2 rings (SSSR count).